The van der Waals surface area contributed by atoms with Crippen molar-refractivity contribution in [2.75, 3.05) is 23.3 Å². The third kappa shape index (κ3) is 4.88. The Hall–Kier alpha value is -2.93. The highest BCUT2D eigenvalue weighted by Gasteiger charge is 2.28. The van der Waals surface area contributed by atoms with Crippen LogP contribution in [0.1, 0.15) is 39.3 Å². The molecule has 0 bridgehead atoms. The number of anilines is 2. The smallest absolute Gasteiger partial charge is 0.228 e. The van der Waals surface area contributed by atoms with Crippen molar-refractivity contribution in [1.29, 1.82) is 0 Å². The molecule has 1 aliphatic heterocycles. The van der Waals surface area contributed by atoms with Crippen molar-refractivity contribution in [3.05, 3.63) is 59.5 Å². The Morgan fingerprint density at radius 1 is 1.10 bits per heavy atom. The predicted octanol–water partition coefficient (Wildman–Crippen LogP) is 4.47. The van der Waals surface area contributed by atoms with E-state index in [0.29, 0.717) is 16.7 Å². The maximum absolute atomic E-state index is 13.1. The van der Waals surface area contributed by atoms with Gasteiger partial charge in [0.1, 0.15) is 11.6 Å². The first kappa shape index (κ1) is 21.3. The van der Waals surface area contributed by atoms with Crippen molar-refractivity contribution < 1.29 is 4.79 Å². The molecule has 4 rings (SSSR count). The standard InChI is InChI=1S/C23H27ClN6O/c1-23(2,3)18-14-21(30(28-18)20-6-4-5-11-25-20)27-22(31)16-9-12-29(13-10-16)19-8-7-17(24)15-26-19/h4-8,11,14-16H,9-10,12-13H2,1-3H3,(H,27,31). The van der Waals surface area contributed by atoms with E-state index in [1.165, 1.54) is 0 Å². The number of hydrogen-bond donors (Lipinski definition) is 1. The first-order chi connectivity index (χ1) is 14.8. The van der Waals surface area contributed by atoms with Gasteiger partial charge >= 0.3 is 0 Å². The number of rotatable bonds is 4. The molecule has 0 saturated carbocycles. The molecular weight excluding hydrogens is 412 g/mol. The summed E-state index contributed by atoms with van der Waals surface area (Å²) in [6, 6.07) is 11.4. The molecule has 31 heavy (non-hydrogen) atoms. The van der Waals surface area contributed by atoms with Gasteiger partial charge in [0, 0.05) is 42.9 Å². The topological polar surface area (TPSA) is 75.9 Å². The second-order valence-corrected chi connectivity index (χ2v) is 9.29. The van der Waals surface area contributed by atoms with Crippen molar-refractivity contribution in [2.24, 2.45) is 5.92 Å². The third-order valence-corrected chi connectivity index (χ3v) is 5.72. The van der Waals surface area contributed by atoms with Crippen LogP contribution < -0.4 is 10.2 Å². The molecule has 3 aromatic heterocycles. The number of nitrogens with one attached hydrogen (secondary N) is 1. The zero-order chi connectivity index (χ0) is 22.0. The number of nitrogens with zero attached hydrogens (tertiary/aromatic N) is 5. The SMILES string of the molecule is CC(C)(C)c1cc(NC(=O)C2CCN(c3ccc(Cl)cn3)CC2)n(-c2ccccn2)n1. The fourth-order valence-electron chi connectivity index (χ4n) is 3.64. The summed E-state index contributed by atoms with van der Waals surface area (Å²) in [5, 5.41) is 8.45. The van der Waals surface area contributed by atoms with E-state index in [1.807, 2.05) is 36.4 Å². The Bertz CT molecular complexity index is 1030. The summed E-state index contributed by atoms with van der Waals surface area (Å²) in [6.07, 6.45) is 4.90. The maximum atomic E-state index is 13.1. The Morgan fingerprint density at radius 3 is 2.48 bits per heavy atom. The summed E-state index contributed by atoms with van der Waals surface area (Å²) < 4.78 is 1.71. The normalized spacial score (nSPS) is 15.2. The number of piperidine rings is 1. The number of aromatic nitrogens is 4. The molecule has 1 saturated heterocycles. The van der Waals surface area contributed by atoms with Crippen LogP contribution in [0.3, 0.4) is 0 Å². The fraction of sp³-hybridized carbons (Fsp3) is 0.391. The molecule has 8 heteroatoms. The lowest BCUT2D eigenvalue weighted by Crippen LogP contribution is -2.38. The number of pyridine rings is 2. The zero-order valence-corrected chi connectivity index (χ0v) is 18.8. The molecule has 162 valence electrons. The van der Waals surface area contributed by atoms with Crippen LogP contribution in [0, 0.1) is 5.92 Å². The summed E-state index contributed by atoms with van der Waals surface area (Å²) in [4.78, 5) is 24.1. The molecule has 7 nitrogen and oxygen atoms in total. The van der Waals surface area contributed by atoms with Crippen molar-refractivity contribution >= 4 is 29.1 Å². The molecular formula is C23H27ClN6O. The van der Waals surface area contributed by atoms with E-state index in [9.17, 15) is 4.79 Å². The van der Waals surface area contributed by atoms with E-state index in [0.717, 1.165) is 37.4 Å². The van der Waals surface area contributed by atoms with Gasteiger partial charge in [-0.25, -0.2) is 9.97 Å². The second-order valence-electron chi connectivity index (χ2n) is 8.85. The molecule has 4 heterocycles. The van der Waals surface area contributed by atoms with Crippen molar-refractivity contribution in [2.45, 2.75) is 39.0 Å². The molecule has 3 aromatic rings. The average Bonchev–Trinajstić information content (AvgIpc) is 3.19. The van der Waals surface area contributed by atoms with E-state index in [2.05, 4.69) is 41.0 Å². The highest BCUT2D eigenvalue weighted by Crippen LogP contribution is 2.28. The quantitative estimate of drug-likeness (QED) is 0.650. The van der Waals surface area contributed by atoms with E-state index in [1.54, 1.807) is 17.1 Å². The number of carbonyl (C=O) groups is 1. The lowest BCUT2D eigenvalue weighted by atomic mass is 9.92. The van der Waals surface area contributed by atoms with Crippen LogP contribution >= 0.6 is 11.6 Å². The van der Waals surface area contributed by atoms with Crippen LogP contribution in [-0.4, -0.2) is 38.7 Å². The minimum atomic E-state index is -0.142. The number of amides is 1. The van der Waals surface area contributed by atoms with E-state index in [4.69, 9.17) is 16.7 Å². The van der Waals surface area contributed by atoms with Crippen LogP contribution in [-0.2, 0) is 10.2 Å². The molecule has 1 aliphatic rings. The molecule has 0 atom stereocenters. The lowest BCUT2D eigenvalue weighted by Gasteiger charge is -2.32. The number of halogens is 1. The van der Waals surface area contributed by atoms with Gasteiger partial charge in [0.05, 0.1) is 10.7 Å². The van der Waals surface area contributed by atoms with Gasteiger partial charge in [0.2, 0.25) is 5.91 Å². The Labute approximate surface area is 187 Å². The lowest BCUT2D eigenvalue weighted by molar-refractivity contribution is -0.120. The molecule has 0 radical (unpaired) electrons. The summed E-state index contributed by atoms with van der Waals surface area (Å²) in [7, 11) is 0. The summed E-state index contributed by atoms with van der Waals surface area (Å²) in [6.45, 7) is 7.86. The third-order valence-electron chi connectivity index (χ3n) is 5.50. The predicted molar refractivity (Wildman–Crippen MR) is 123 cm³/mol. The van der Waals surface area contributed by atoms with Gasteiger partial charge < -0.3 is 10.2 Å². The van der Waals surface area contributed by atoms with Crippen LogP contribution in [0.25, 0.3) is 5.82 Å². The Balaban J connectivity index is 1.47. The molecule has 0 unspecified atom stereocenters. The molecule has 0 spiro atoms. The van der Waals surface area contributed by atoms with Crippen LogP contribution in [0.5, 0.6) is 0 Å². The van der Waals surface area contributed by atoms with Crippen LogP contribution in [0.15, 0.2) is 48.8 Å². The Kier molecular flexibility index (Phi) is 5.96. The van der Waals surface area contributed by atoms with E-state index < -0.39 is 0 Å². The second kappa shape index (κ2) is 8.67. The molecule has 0 aromatic carbocycles. The number of hydrogen-bond acceptors (Lipinski definition) is 5. The monoisotopic (exact) mass is 438 g/mol. The summed E-state index contributed by atoms with van der Waals surface area (Å²) >= 11 is 5.93. The molecule has 1 fully saturated rings. The van der Waals surface area contributed by atoms with Gasteiger partial charge in [-0.3, -0.25) is 4.79 Å². The summed E-state index contributed by atoms with van der Waals surface area (Å²) in [5.74, 6) is 2.17. The van der Waals surface area contributed by atoms with Gasteiger partial charge in [0.15, 0.2) is 5.82 Å². The maximum Gasteiger partial charge on any atom is 0.228 e. The fourth-order valence-corrected chi connectivity index (χ4v) is 3.76. The minimum absolute atomic E-state index is 0.0151. The van der Waals surface area contributed by atoms with E-state index >= 15 is 0 Å². The molecule has 1 amide bonds. The van der Waals surface area contributed by atoms with E-state index in [-0.39, 0.29) is 17.2 Å². The van der Waals surface area contributed by atoms with Crippen molar-refractivity contribution in [1.82, 2.24) is 19.7 Å². The van der Waals surface area contributed by atoms with Gasteiger partial charge in [-0.05, 0) is 37.1 Å². The molecule has 1 N–H and O–H groups in total. The van der Waals surface area contributed by atoms with Crippen LogP contribution in [0.4, 0.5) is 11.6 Å². The van der Waals surface area contributed by atoms with Crippen LogP contribution in [0.2, 0.25) is 5.02 Å². The highest BCUT2D eigenvalue weighted by atomic mass is 35.5. The van der Waals surface area contributed by atoms with Gasteiger partial charge in [0.25, 0.3) is 0 Å². The van der Waals surface area contributed by atoms with Crippen molar-refractivity contribution in [3.8, 4) is 5.82 Å². The summed E-state index contributed by atoms with van der Waals surface area (Å²) in [5.41, 5.74) is 0.758. The zero-order valence-electron chi connectivity index (χ0n) is 18.0. The Morgan fingerprint density at radius 2 is 1.87 bits per heavy atom. The first-order valence-corrected chi connectivity index (χ1v) is 10.9. The minimum Gasteiger partial charge on any atom is -0.357 e. The first-order valence-electron chi connectivity index (χ1n) is 10.5. The van der Waals surface area contributed by atoms with Gasteiger partial charge in [-0.15, -0.1) is 0 Å². The number of carbonyl (C=O) groups excluding carboxylic acids is 1. The molecule has 0 aliphatic carbocycles. The highest BCUT2D eigenvalue weighted by molar-refractivity contribution is 6.30. The largest absolute Gasteiger partial charge is 0.357 e. The van der Waals surface area contributed by atoms with Gasteiger partial charge in [-0.1, -0.05) is 38.4 Å². The van der Waals surface area contributed by atoms with Crippen molar-refractivity contribution in [3.63, 3.8) is 0 Å². The average molecular weight is 439 g/mol. The van der Waals surface area contributed by atoms with Gasteiger partial charge in [-0.2, -0.15) is 9.78 Å².